The van der Waals surface area contributed by atoms with Gasteiger partial charge in [-0.05, 0) is 24.1 Å². The molecule has 0 aliphatic carbocycles. The number of ether oxygens (including phenoxy) is 1. The van der Waals surface area contributed by atoms with Crippen molar-refractivity contribution in [2.45, 2.75) is 32.3 Å². The van der Waals surface area contributed by atoms with Gasteiger partial charge in [0.25, 0.3) is 0 Å². The summed E-state index contributed by atoms with van der Waals surface area (Å²) in [4.78, 5) is 0. The monoisotopic (exact) mass is 223 g/mol. The molecule has 0 aliphatic heterocycles. The zero-order valence-corrected chi connectivity index (χ0v) is 9.86. The van der Waals surface area contributed by atoms with Gasteiger partial charge in [0.1, 0.15) is 5.75 Å². The van der Waals surface area contributed by atoms with Gasteiger partial charge in [0.15, 0.2) is 0 Å². The highest BCUT2D eigenvalue weighted by Gasteiger charge is 2.01. The van der Waals surface area contributed by atoms with Gasteiger partial charge in [0.05, 0.1) is 12.7 Å². The van der Waals surface area contributed by atoms with E-state index >= 15 is 0 Å². The highest BCUT2D eigenvalue weighted by atomic mass is 16.5. The summed E-state index contributed by atoms with van der Waals surface area (Å²) in [6, 6.07) is 8.11. The second-order valence-electron chi connectivity index (χ2n) is 3.92. The van der Waals surface area contributed by atoms with Gasteiger partial charge in [-0.15, -0.1) is 0 Å². The van der Waals surface area contributed by atoms with Crippen molar-refractivity contribution < 1.29 is 9.84 Å². The number of hydrogen-bond acceptors (Lipinski definition) is 3. The standard InChI is InChI=1S/C13H21NO2/c1-2-3-11-4-6-13(7-5-11)16-9-8-12(15)10-14/h4-7,12,15H,2-3,8-10,14H2,1H3. The highest BCUT2D eigenvalue weighted by molar-refractivity contribution is 5.27. The summed E-state index contributed by atoms with van der Waals surface area (Å²) in [5.41, 5.74) is 6.63. The topological polar surface area (TPSA) is 55.5 Å². The maximum atomic E-state index is 9.25. The van der Waals surface area contributed by atoms with Crippen LogP contribution in [-0.2, 0) is 6.42 Å². The molecule has 0 aliphatic rings. The van der Waals surface area contributed by atoms with Crippen molar-refractivity contribution in [3.8, 4) is 5.75 Å². The quantitative estimate of drug-likeness (QED) is 0.740. The molecule has 0 heterocycles. The Morgan fingerprint density at radius 2 is 2.00 bits per heavy atom. The van der Waals surface area contributed by atoms with Crippen molar-refractivity contribution in [3.05, 3.63) is 29.8 Å². The first-order chi connectivity index (χ1) is 7.76. The van der Waals surface area contributed by atoms with E-state index in [1.165, 1.54) is 5.56 Å². The van der Waals surface area contributed by atoms with Gasteiger partial charge < -0.3 is 15.6 Å². The summed E-state index contributed by atoms with van der Waals surface area (Å²) >= 11 is 0. The van der Waals surface area contributed by atoms with Crippen LogP contribution in [0.1, 0.15) is 25.3 Å². The maximum Gasteiger partial charge on any atom is 0.119 e. The van der Waals surface area contributed by atoms with E-state index in [1.54, 1.807) is 0 Å². The Kier molecular flexibility index (Phi) is 5.90. The van der Waals surface area contributed by atoms with Crippen LogP contribution < -0.4 is 10.5 Å². The molecular weight excluding hydrogens is 202 g/mol. The van der Waals surface area contributed by atoms with Gasteiger partial charge in [-0.25, -0.2) is 0 Å². The maximum absolute atomic E-state index is 9.25. The number of aliphatic hydroxyl groups is 1. The SMILES string of the molecule is CCCc1ccc(OCCC(O)CN)cc1. The van der Waals surface area contributed by atoms with Crippen LogP contribution in [0.5, 0.6) is 5.75 Å². The van der Waals surface area contributed by atoms with Crippen molar-refractivity contribution in [2.75, 3.05) is 13.2 Å². The van der Waals surface area contributed by atoms with Crippen molar-refractivity contribution in [1.29, 1.82) is 0 Å². The van der Waals surface area contributed by atoms with Crippen LogP contribution in [0.15, 0.2) is 24.3 Å². The molecule has 1 atom stereocenters. The number of nitrogens with two attached hydrogens (primary N) is 1. The zero-order valence-electron chi connectivity index (χ0n) is 9.86. The molecule has 0 aromatic heterocycles. The predicted octanol–water partition coefficient (Wildman–Crippen LogP) is 1.73. The molecule has 0 radical (unpaired) electrons. The van der Waals surface area contributed by atoms with Crippen LogP contribution in [0.2, 0.25) is 0 Å². The van der Waals surface area contributed by atoms with Crippen LogP contribution in [0, 0.1) is 0 Å². The summed E-state index contributed by atoms with van der Waals surface area (Å²) in [6.45, 7) is 2.96. The van der Waals surface area contributed by atoms with Gasteiger partial charge in [-0.2, -0.15) is 0 Å². The van der Waals surface area contributed by atoms with E-state index in [-0.39, 0.29) is 0 Å². The van der Waals surface area contributed by atoms with Gasteiger partial charge in [0.2, 0.25) is 0 Å². The second kappa shape index (κ2) is 7.25. The fraction of sp³-hybridized carbons (Fsp3) is 0.538. The van der Waals surface area contributed by atoms with Crippen molar-refractivity contribution in [2.24, 2.45) is 5.73 Å². The summed E-state index contributed by atoms with van der Waals surface area (Å²) in [6.07, 6.45) is 2.38. The summed E-state index contributed by atoms with van der Waals surface area (Å²) in [7, 11) is 0. The third kappa shape index (κ3) is 4.64. The summed E-state index contributed by atoms with van der Waals surface area (Å²) < 4.78 is 5.50. The Morgan fingerprint density at radius 3 is 2.56 bits per heavy atom. The van der Waals surface area contributed by atoms with E-state index in [4.69, 9.17) is 10.5 Å². The number of rotatable bonds is 7. The van der Waals surface area contributed by atoms with Crippen LogP contribution in [0.4, 0.5) is 0 Å². The Labute approximate surface area is 97.2 Å². The first-order valence-corrected chi connectivity index (χ1v) is 5.86. The largest absolute Gasteiger partial charge is 0.493 e. The van der Waals surface area contributed by atoms with Crippen LogP contribution >= 0.6 is 0 Å². The normalized spacial score (nSPS) is 12.4. The minimum absolute atomic E-state index is 0.290. The fourth-order valence-electron chi connectivity index (χ4n) is 1.47. The molecule has 0 bridgehead atoms. The summed E-state index contributed by atoms with van der Waals surface area (Å²) in [5, 5.41) is 9.25. The lowest BCUT2D eigenvalue weighted by molar-refractivity contribution is 0.146. The Morgan fingerprint density at radius 1 is 1.31 bits per heavy atom. The number of aliphatic hydroxyl groups excluding tert-OH is 1. The molecular formula is C13H21NO2. The molecule has 1 rings (SSSR count). The van der Waals surface area contributed by atoms with E-state index in [9.17, 15) is 5.11 Å². The first-order valence-electron chi connectivity index (χ1n) is 5.86. The van der Waals surface area contributed by atoms with Gasteiger partial charge in [-0.3, -0.25) is 0 Å². The molecule has 1 unspecified atom stereocenters. The minimum Gasteiger partial charge on any atom is -0.493 e. The number of benzene rings is 1. The van der Waals surface area contributed by atoms with E-state index in [2.05, 4.69) is 19.1 Å². The van der Waals surface area contributed by atoms with Crippen LogP contribution in [0.25, 0.3) is 0 Å². The van der Waals surface area contributed by atoms with E-state index in [0.717, 1.165) is 18.6 Å². The van der Waals surface area contributed by atoms with Crippen molar-refractivity contribution in [1.82, 2.24) is 0 Å². The zero-order chi connectivity index (χ0) is 11.8. The van der Waals surface area contributed by atoms with Gasteiger partial charge in [-0.1, -0.05) is 25.5 Å². The Bertz CT molecular complexity index is 284. The van der Waals surface area contributed by atoms with Crippen LogP contribution in [0.3, 0.4) is 0 Å². The fourth-order valence-corrected chi connectivity index (χ4v) is 1.47. The predicted molar refractivity (Wildman–Crippen MR) is 65.6 cm³/mol. The molecule has 3 N–H and O–H groups in total. The molecule has 0 saturated carbocycles. The third-order valence-electron chi connectivity index (χ3n) is 2.45. The minimum atomic E-state index is -0.459. The van der Waals surface area contributed by atoms with E-state index < -0.39 is 6.10 Å². The average molecular weight is 223 g/mol. The lowest BCUT2D eigenvalue weighted by Gasteiger charge is -2.09. The van der Waals surface area contributed by atoms with Crippen LogP contribution in [-0.4, -0.2) is 24.4 Å². The molecule has 0 spiro atoms. The van der Waals surface area contributed by atoms with Gasteiger partial charge in [0, 0.05) is 13.0 Å². The molecule has 16 heavy (non-hydrogen) atoms. The van der Waals surface area contributed by atoms with Crippen molar-refractivity contribution in [3.63, 3.8) is 0 Å². The molecule has 90 valence electrons. The Balaban J connectivity index is 2.31. The second-order valence-corrected chi connectivity index (χ2v) is 3.92. The Hall–Kier alpha value is -1.06. The lowest BCUT2D eigenvalue weighted by Crippen LogP contribution is -2.21. The number of aryl methyl sites for hydroxylation is 1. The molecule has 1 aromatic carbocycles. The van der Waals surface area contributed by atoms with E-state index in [1.807, 2.05) is 12.1 Å². The number of hydrogen-bond donors (Lipinski definition) is 2. The molecule has 3 nitrogen and oxygen atoms in total. The van der Waals surface area contributed by atoms with Gasteiger partial charge >= 0.3 is 0 Å². The molecule has 0 fully saturated rings. The highest BCUT2D eigenvalue weighted by Crippen LogP contribution is 2.13. The molecule has 3 heteroatoms. The van der Waals surface area contributed by atoms with E-state index in [0.29, 0.717) is 19.6 Å². The first kappa shape index (κ1) is 13.0. The molecule has 0 saturated heterocycles. The third-order valence-corrected chi connectivity index (χ3v) is 2.45. The smallest absolute Gasteiger partial charge is 0.119 e. The molecule has 0 amide bonds. The summed E-state index contributed by atoms with van der Waals surface area (Å²) in [5.74, 6) is 0.851. The molecule has 1 aromatic rings. The lowest BCUT2D eigenvalue weighted by atomic mass is 10.1. The average Bonchev–Trinajstić information content (AvgIpc) is 2.31. The van der Waals surface area contributed by atoms with Crippen molar-refractivity contribution >= 4 is 0 Å².